The normalized spacial score (nSPS) is 16.9. The molecule has 3 rings (SSSR count). The van der Waals surface area contributed by atoms with Crippen LogP contribution in [0.2, 0.25) is 0 Å². The zero-order valence-corrected chi connectivity index (χ0v) is 16.5. The molecule has 27 heavy (non-hydrogen) atoms. The number of hydrogen-bond donors (Lipinski definition) is 1. The molecule has 1 aliphatic rings. The number of nitrogens with zero attached hydrogens (tertiary/aromatic N) is 4. The van der Waals surface area contributed by atoms with Gasteiger partial charge < -0.3 is 15.1 Å². The van der Waals surface area contributed by atoms with Gasteiger partial charge in [0, 0.05) is 37.6 Å². The Morgan fingerprint density at radius 3 is 2.52 bits per heavy atom. The summed E-state index contributed by atoms with van der Waals surface area (Å²) in [4.78, 5) is 25.4. The highest BCUT2D eigenvalue weighted by Crippen LogP contribution is 2.21. The zero-order chi connectivity index (χ0) is 19.2. The molecule has 1 unspecified atom stereocenters. The first-order chi connectivity index (χ1) is 13.1. The van der Waals surface area contributed by atoms with Crippen molar-refractivity contribution in [3.63, 3.8) is 0 Å². The van der Waals surface area contributed by atoms with Crippen molar-refractivity contribution in [2.24, 2.45) is 5.92 Å². The number of nitrogens with one attached hydrogen (secondary N) is 1. The Morgan fingerprint density at radius 2 is 1.93 bits per heavy atom. The monoisotopic (exact) mass is 367 g/mol. The van der Waals surface area contributed by atoms with Gasteiger partial charge in [0.15, 0.2) is 0 Å². The molecule has 1 amide bonds. The van der Waals surface area contributed by atoms with Crippen molar-refractivity contribution in [1.29, 1.82) is 0 Å². The molecule has 2 heterocycles. The Kier molecular flexibility index (Phi) is 6.27. The maximum absolute atomic E-state index is 12.6. The molecule has 1 aromatic heterocycles. The van der Waals surface area contributed by atoms with Gasteiger partial charge in [0.25, 0.3) is 5.91 Å². The van der Waals surface area contributed by atoms with Gasteiger partial charge in [-0.1, -0.05) is 6.92 Å². The number of carbonyl (C=O) groups is 1. The van der Waals surface area contributed by atoms with E-state index in [2.05, 4.69) is 53.1 Å². The van der Waals surface area contributed by atoms with E-state index in [9.17, 15) is 4.79 Å². The summed E-state index contributed by atoms with van der Waals surface area (Å²) in [6.07, 6.45) is 5.43. The fourth-order valence-corrected chi connectivity index (χ4v) is 3.53. The van der Waals surface area contributed by atoms with Gasteiger partial charge in [0.05, 0.1) is 12.4 Å². The molecule has 0 aliphatic carbocycles. The Labute approximate surface area is 161 Å². The average Bonchev–Trinajstić information content (AvgIpc) is 2.70. The van der Waals surface area contributed by atoms with Crippen LogP contribution in [-0.4, -0.2) is 47.0 Å². The molecule has 6 heteroatoms. The van der Waals surface area contributed by atoms with Crippen LogP contribution >= 0.6 is 0 Å². The van der Waals surface area contributed by atoms with Crippen LogP contribution in [0.4, 0.5) is 17.2 Å². The van der Waals surface area contributed by atoms with Crippen molar-refractivity contribution in [2.75, 3.05) is 36.4 Å². The smallest absolute Gasteiger partial charge is 0.274 e. The first-order valence-corrected chi connectivity index (χ1v) is 9.84. The van der Waals surface area contributed by atoms with E-state index in [4.69, 9.17) is 0 Å². The minimum absolute atomic E-state index is 0.0239. The number of anilines is 3. The van der Waals surface area contributed by atoms with E-state index in [1.165, 1.54) is 12.1 Å². The van der Waals surface area contributed by atoms with Gasteiger partial charge in [0.2, 0.25) is 0 Å². The second kappa shape index (κ2) is 8.84. The lowest BCUT2D eigenvalue weighted by atomic mass is 10.0. The van der Waals surface area contributed by atoms with Gasteiger partial charge in [-0.2, -0.15) is 0 Å². The van der Waals surface area contributed by atoms with Crippen LogP contribution in [0.3, 0.4) is 0 Å². The Morgan fingerprint density at radius 1 is 1.19 bits per heavy atom. The first kappa shape index (κ1) is 19.1. The summed E-state index contributed by atoms with van der Waals surface area (Å²) in [6.45, 7) is 10.1. The number of benzene rings is 1. The van der Waals surface area contributed by atoms with Crippen molar-refractivity contribution < 1.29 is 4.79 Å². The molecule has 0 bridgehead atoms. The minimum atomic E-state index is -0.0239. The number of carbonyl (C=O) groups excluding carboxylic acids is 1. The van der Waals surface area contributed by atoms with E-state index < -0.39 is 0 Å². The molecular formula is C21H29N5O. The second-order valence-corrected chi connectivity index (χ2v) is 7.13. The van der Waals surface area contributed by atoms with Crippen molar-refractivity contribution in [2.45, 2.75) is 33.6 Å². The maximum Gasteiger partial charge on any atom is 0.274 e. The number of likely N-dealkylation sites (tertiary alicyclic amines) is 1. The quantitative estimate of drug-likeness (QED) is 0.838. The highest BCUT2D eigenvalue weighted by molar-refractivity contribution is 5.92. The molecule has 1 aliphatic heterocycles. The van der Waals surface area contributed by atoms with Gasteiger partial charge >= 0.3 is 0 Å². The fraction of sp³-hybridized carbons (Fsp3) is 0.476. The third-order valence-electron chi connectivity index (χ3n) is 5.08. The molecule has 0 spiro atoms. The number of rotatable bonds is 6. The van der Waals surface area contributed by atoms with Gasteiger partial charge in [-0.3, -0.25) is 4.79 Å². The first-order valence-electron chi connectivity index (χ1n) is 9.84. The highest BCUT2D eigenvalue weighted by Gasteiger charge is 2.23. The molecule has 6 nitrogen and oxygen atoms in total. The van der Waals surface area contributed by atoms with Gasteiger partial charge in [0.1, 0.15) is 11.5 Å². The van der Waals surface area contributed by atoms with Gasteiger partial charge in [-0.05, 0) is 56.9 Å². The molecule has 1 atom stereocenters. The van der Waals surface area contributed by atoms with E-state index in [1.807, 2.05) is 17.0 Å². The van der Waals surface area contributed by atoms with E-state index in [1.54, 1.807) is 12.4 Å². The average molecular weight is 367 g/mol. The zero-order valence-electron chi connectivity index (χ0n) is 16.5. The molecule has 1 N–H and O–H groups in total. The summed E-state index contributed by atoms with van der Waals surface area (Å²) in [5.74, 6) is 1.16. The van der Waals surface area contributed by atoms with E-state index in [0.717, 1.165) is 38.3 Å². The van der Waals surface area contributed by atoms with Crippen molar-refractivity contribution >= 4 is 23.1 Å². The third kappa shape index (κ3) is 4.76. The largest absolute Gasteiger partial charge is 0.372 e. The van der Waals surface area contributed by atoms with Crippen LogP contribution in [0.15, 0.2) is 36.7 Å². The summed E-state index contributed by atoms with van der Waals surface area (Å²) < 4.78 is 0. The number of amides is 1. The van der Waals surface area contributed by atoms with Gasteiger partial charge in [-0.25, -0.2) is 9.97 Å². The second-order valence-electron chi connectivity index (χ2n) is 7.13. The topological polar surface area (TPSA) is 61.4 Å². The van der Waals surface area contributed by atoms with E-state index in [0.29, 0.717) is 17.4 Å². The van der Waals surface area contributed by atoms with Crippen LogP contribution in [0.1, 0.15) is 44.1 Å². The maximum atomic E-state index is 12.6. The summed E-state index contributed by atoms with van der Waals surface area (Å²) in [5, 5.41) is 3.24. The van der Waals surface area contributed by atoms with Crippen molar-refractivity contribution in [3.05, 3.63) is 42.4 Å². The van der Waals surface area contributed by atoms with Crippen molar-refractivity contribution in [3.8, 4) is 0 Å². The lowest BCUT2D eigenvalue weighted by molar-refractivity contribution is 0.0676. The molecule has 0 radical (unpaired) electrons. The Bertz CT molecular complexity index is 740. The van der Waals surface area contributed by atoms with Crippen molar-refractivity contribution in [1.82, 2.24) is 14.9 Å². The third-order valence-corrected chi connectivity index (χ3v) is 5.08. The Hall–Kier alpha value is -2.63. The summed E-state index contributed by atoms with van der Waals surface area (Å²) in [7, 11) is 0. The predicted octanol–water partition coefficient (Wildman–Crippen LogP) is 3.94. The molecule has 0 saturated carbocycles. The summed E-state index contributed by atoms with van der Waals surface area (Å²) in [5.41, 5.74) is 2.56. The lowest BCUT2D eigenvalue weighted by Gasteiger charge is -2.30. The fourth-order valence-electron chi connectivity index (χ4n) is 3.53. The van der Waals surface area contributed by atoms with Crippen LogP contribution in [-0.2, 0) is 0 Å². The predicted molar refractivity (Wildman–Crippen MR) is 110 cm³/mol. The van der Waals surface area contributed by atoms with E-state index >= 15 is 0 Å². The number of piperidine rings is 1. The molecular weight excluding hydrogens is 338 g/mol. The SMILES string of the molecule is CCN(CC)c1ccc(Nc2cnc(C(=O)N3CCCC(C)C3)cn2)cc1. The van der Waals surface area contributed by atoms with Crippen LogP contribution in [0.5, 0.6) is 0 Å². The summed E-state index contributed by atoms with van der Waals surface area (Å²) in [6, 6.07) is 8.25. The molecule has 1 saturated heterocycles. The van der Waals surface area contributed by atoms with Gasteiger partial charge in [-0.15, -0.1) is 0 Å². The van der Waals surface area contributed by atoms with Crippen LogP contribution in [0, 0.1) is 5.92 Å². The highest BCUT2D eigenvalue weighted by atomic mass is 16.2. The standard InChI is InChI=1S/C21H29N5O/c1-4-25(5-2)18-10-8-17(9-11-18)24-20-14-22-19(13-23-20)21(27)26-12-6-7-16(3)15-26/h8-11,13-14,16H,4-7,12,15H2,1-3H3,(H,23,24). The Balaban J connectivity index is 1.63. The van der Waals surface area contributed by atoms with Crippen LogP contribution < -0.4 is 10.2 Å². The van der Waals surface area contributed by atoms with E-state index in [-0.39, 0.29) is 5.91 Å². The lowest BCUT2D eigenvalue weighted by Crippen LogP contribution is -2.39. The number of aromatic nitrogens is 2. The summed E-state index contributed by atoms with van der Waals surface area (Å²) >= 11 is 0. The molecule has 1 fully saturated rings. The molecule has 144 valence electrons. The minimum Gasteiger partial charge on any atom is -0.372 e. The molecule has 2 aromatic rings. The molecule has 1 aromatic carbocycles. The number of hydrogen-bond acceptors (Lipinski definition) is 5. The van der Waals surface area contributed by atoms with Crippen LogP contribution in [0.25, 0.3) is 0 Å².